The fourth-order valence-corrected chi connectivity index (χ4v) is 3.66. The number of pyridine rings is 1. The molecule has 5 rings (SSSR count). The number of imidazole rings is 1. The number of Topliss-reactive ketones (excluding diaryl/α,β-unsaturated/α-hetero) is 1. The van der Waals surface area contributed by atoms with Gasteiger partial charge in [-0.15, -0.1) is 10.2 Å². The highest BCUT2D eigenvalue weighted by Crippen LogP contribution is 2.18. The van der Waals surface area contributed by atoms with E-state index in [9.17, 15) is 4.79 Å². The normalized spacial score (nSPS) is 11.3. The summed E-state index contributed by atoms with van der Waals surface area (Å²) >= 11 is 1.41. The van der Waals surface area contributed by atoms with Crippen LogP contribution < -0.4 is 4.74 Å². The Morgan fingerprint density at radius 2 is 2.03 bits per heavy atom. The molecule has 9 nitrogen and oxygen atoms in total. The fourth-order valence-electron chi connectivity index (χ4n) is 2.89. The number of aromatic amines is 1. The molecule has 4 heterocycles. The van der Waals surface area contributed by atoms with Crippen molar-refractivity contribution >= 4 is 33.2 Å². The lowest BCUT2D eigenvalue weighted by Gasteiger charge is -2.02. The van der Waals surface area contributed by atoms with Crippen LogP contribution in [-0.4, -0.2) is 40.5 Å². The largest absolute Gasteiger partial charge is 0.486 e. The first-order valence-electron chi connectivity index (χ1n) is 8.98. The number of hydrogen-bond acceptors (Lipinski definition) is 8. The lowest BCUT2D eigenvalue weighted by molar-refractivity contribution is 0.0973. The zero-order valence-electron chi connectivity index (χ0n) is 15.1. The number of H-pyrrole nitrogens is 1. The van der Waals surface area contributed by atoms with Gasteiger partial charge in [0.2, 0.25) is 4.96 Å². The first kappa shape index (κ1) is 17.4. The molecule has 0 amide bonds. The van der Waals surface area contributed by atoms with Crippen LogP contribution in [-0.2, 0) is 13.0 Å². The van der Waals surface area contributed by atoms with Gasteiger partial charge < -0.3 is 9.72 Å². The van der Waals surface area contributed by atoms with E-state index in [1.807, 2.05) is 36.4 Å². The lowest BCUT2D eigenvalue weighted by atomic mass is 10.2. The molecular weight excluding hydrogens is 390 g/mol. The van der Waals surface area contributed by atoms with Gasteiger partial charge in [0, 0.05) is 19.0 Å². The number of fused-ring (bicyclic) bond motifs is 2. The van der Waals surface area contributed by atoms with Crippen molar-refractivity contribution in [2.75, 3.05) is 0 Å². The summed E-state index contributed by atoms with van der Waals surface area (Å²) in [6.07, 6.45) is 2.30. The van der Waals surface area contributed by atoms with E-state index in [-0.39, 0.29) is 12.2 Å². The minimum absolute atomic E-state index is 0.109. The molecule has 0 fully saturated rings. The Bertz CT molecular complexity index is 1260. The molecule has 10 heteroatoms. The summed E-state index contributed by atoms with van der Waals surface area (Å²) in [5.74, 6) is 1.60. The maximum atomic E-state index is 12.5. The van der Waals surface area contributed by atoms with E-state index >= 15 is 0 Å². The van der Waals surface area contributed by atoms with Gasteiger partial charge >= 0.3 is 0 Å². The van der Waals surface area contributed by atoms with Crippen molar-refractivity contribution in [2.24, 2.45) is 0 Å². The maximum absolute atomic E-state index is 12.5. The smallest absolute Gasteiger partial charge is 0.234 e. The molecule has 0 saturated carbocycles. The standard InChI is InChI=1S/C19H15N7O2S/c27-14(18-21-13-7-4-10-20-17(13)22-18)8-9-15-23-24-19-26(15)25-16(29-19)11-28-12-5-2-1-3-6-12/h1-7,10H,8-9,11H2,(H,20,21,22). The molecule has 144 valence electrons. The van der Waals surface area contributed by atoms with Crippen LogP contribution in [0.4, 0.5) is 0 Å². The van der Waals surface area contributed by atoms with E-state index in [0.29, 0.717) is 35.3 Å². The van der Waals surface area contributed by atoms with Crippen molar-refractivity contribution in [3.8, 4) is 5.75 Å². The minimum Gasteiger partial charge on any atom is -0.486 e. The monoisotopic (exact) mass is 405 g/mol. The number of nitrogens with zero attached hydrogens (tertiary/aromatic N) is 6. The summed E-state index contributed by atoms with van der Waals surface area (Å²) in [5, 5.41) is 13.6. The Labute approximate surface area is 168 Å². The molecule has 29 heavy (non-hydrogen) atoms. The number of ether oxygens (including phenoxy) is 1. The van der Waals surface area contributed by atoms with Crippen molar-refractivity contribution in [1.29, 1.82) is 0 Å². The van der Waals surface area contributed by atoms with Crippen LogP contribution in [0.15, 0.2) is 48.7 Å². The van der Waals surface area contributed by atoms with Gasteiger partial charge in [-0.2, -0.15) is 9.61 Å². The number of aromatic nitrogens is 7. The number of para-hydroxylation sites is 1. The van der Waals surface area contributed by atoms with Gasteiger partial charge in [0.25, 0.3) is 0 Å². The summed E-state index contributed by atoms with van der Waals surface area (Å²) in [7, 11) is 0. The van der Waals surface area contributed by atoms with Crippen LogP contribution in [0.1, 0.15) is 27.9 Å². The highest BCUT2D eigenvalue weighted by Gasteiger charge is 2.16. The molecule has 0 aliphatic carbocycles. The number of benzene rings is 1. The molecule has 0 saturated heterocycles. The van der Waals surface area contributed by atoms with Gasteiger partial charge in [-0.25, -0.2) is 9.97 Å². The molecule has 1 N–H and O–H groups in total. The first-order valence-corrected chi connectivity index (χ1v) is 9.80. The first-order chi connectivity index (χ1) is 14.3. The van der Waals surface area contributed by atoms with Gasteiger partial charge in [0.05, 0.1) is 5.52 Å². The number of ketones is 1. The second-order valence-electron chi connectivity index (χ2n) is 6.29. The third-order valence-corrected chi connectivity index (χ3v) is 5.17. The van der Waals surface area contributed by atoms with Crippen molar-refractivity contribution in [2.45, 2.75) is 19.4 Å². The molecule has 0 radical (unpaired) electrons. The fraction of sp³-hybridized carbons (Fsp3) is 0.158. The molecule has 1 aromatic carbocycles. The minimum atomic E-state index is -0.109. The summed E-state index contributed by atoms with van der Waals surface area (Å²) in [6.45, 7) is 0.350. The van der Waals surface area contributed by atoms with Crippen LogP contribution in [0.3, 0.4) is 0 Å². The van der Waals surface area contributed by atoms with Crippen LogP contribution >= 0.6 is 11.3 Å². The highest BCUT2D eigenvalue weighted by molar-refractivity contribution is 7.16. The van der Waals surface area contributed by atoms with Crippen molar-refractivity contribution in [3.63, 3.8) is 0 Å². The zero-order valence-corrected chi connectivity index (χ0v) is 16.0. The van der Waals surface area contributed by atoms with E-state index in [1.54, 1.807) is 16.8 Å². The molecular formula is C19H15N7O2S. The average Bonchev–Trinajstić information content (AvgIpc) is 3.45. The van der Waals surface area contributed by atoms with Crippen LogP contribution in [0, 0.1) is 0 Å². The van der Waals surface area contributed by atoms with Crippen molar-refractivity contribution in [3.05, 3.63) is 65.3 Å². The van der Waals surface area contributed by atoms with Gasteiger partial charge in [0.1, 0.15) is 12.4 Å². The number of aryl methyl sites for hydroxylation is 1. The van der Waals surface area contributed by atoms with E-state index < -0.39 is 0 Å². The summed E-state index contributed by atoms with van der Waals surface area (Å²) in [5.41, 5.74) is 1.27. The van der Waals surface area contributed by atoms with Gasteiger partial charge in [-0.05, 0) is 24.3 Å². The molecule has 0 aliphatic rings. The maximum Gasteiger partial charge on any atom is 0.234 e. The topological polar surface area (TPSA) is 111 Å². The van der Waals surface area contributed by atoms with E-state index in [4.69, 9.17) is 4.74 Å². The van der Waals surface area contributed by atoms with E-state index in [2.05, 4.69) is 30.2 Å². The molecule has 0 aliphatic heterocycles. The van der Waals surface area contributed by atoms with Gasteiger partial charge in [-0.1, -0.05) is 29.5 Å². The Morgan fingerprint density at radius 1 is 1.14 bits per heavy atom. The third-order valence-electron chi connectivity index (χ3n) is 4.30. The predicted molar refractivity (Wildman–Crippen MR) is 106 cm³/mol. The molecule has 5 aromatic rings. The second kappa shape index (κ2) is 7.40. The summed E-state index contributed by atoms with van der Waals surface area (Å²) in [4.78, 5) is 24.5. The Morgan fingerprint density at radius 3 is 2.90 bits per heavy atom. The van der Waals surface area contributed by atoms with Gasteiger partial charge in [-0.3, -0.25) is 4.79 Å². The number of carbonyl (C=O) groups excluding carboxylic acids is 1. The second-order valence-corrected chi connectivity index (χ2v) is 7.33. The van der Waals surface area contributed by atoms with Crippen LogP contribution in [0.5, 0.6) is 5.75 Å². The Hall–Kier alpha value is -3.66. The summed E-state index contributed by atoms with van der Waals surface area (Å²) < 4.78 is 7.40. The lowest BCUT2D eigenvalue weighted by Crippen LogP contribution is -2.06. The van der Waals surface area contributed by atoms with Crippen LogP contribution in [0.25, 0.3) is 16.1 Å². The highest BCUT2D eigenvalue weighted by atomic mass is 32.1. The average molecular weight is 405 g/mol. The van der Waals surface area contributed by atoms with Crippen molar-refractivity contribution < 1.29 is 9.53 Å². The predicted octanol–water partition coefficient (Wildman–Crippen LogP) is 2.85. The van der Waals surface area contributed by atoms with E-state index in [0.717, 1.165) is 16.3 Å². The number of nitrogens with one attached hydrogen (secondary N) is 1. The third kappa shape index (κ3) is 3.57. The van der Waals surface area contributed by atoms with Crippen molar-refractivity contribution in [1.82, 2.24) is 34.8 Å². The molecule has 0 unspecified atom stereocenters. The SMILES string of the molecule is O=C(CCc1nnc2sc(COc3ccccc3)nn12)c1nc2ncccc2[nH]1. The zero-order chi connectivity index (χ0) is 19.6. The quantitative estimate of drug-likeness (QED) is 0.414. The molecule has 0 spiro atoms. The molecule has 0 atom stereocenters. The molecule has 0 bridgehead atoms. The Balaban J connectivity index is 1.26. The Kier molecular flexibility index (Phi) is 4.45. The molecule has 4 aromatic heterocycles. The number of carbonyl (C=O) groups is 1. The summed E-state index contributed by atoms with van der Waals surface area (Å²) in [6, 6.07) is 13.2. The number of hydrogen-bond donors (Lipinski definition) is 1. The van der Waals surface area contributed by atoms with Gasteiger partial charge in [0.15, 0.2) is 28.1 Å². The van der Waals surface area contributed by atoms with Crippen LogP contribution in [0.2, 0.25) is 0 Å². The number of rotatable bonds is 7. The van der Waals surface area contributed by atoms with E-state index in [1.165, 1.54) is 11.3 Å².